The molecule has 0 aromatic carbocycles. The van der Waals surface area contributed by atoms with Gasteiger partial charge in [0.25, 0.3) is 0 Å². The molecule has 14 heteroatoms. The maximum absolute atomic E-state index is 12.5. The topological polar surface area (TPSA) is 117 Å². The van der Waals surface area contributed by atoms with Crippen molar-refractivity contribution in [3.63, 3.8) is 0 Å². The Labute approximate surface area is 227 Å². The molecule has 1 N–H and O–H groups in total. The highest BCUT2D eigenvalue weighted by Gasteiger charge is 2.50. The third-order valence-electron chi connectivity index (χ3n) is 7.22. The van der Waals surface area contributed by atoms with E-state index in [9.17, 15) is 22.8 Å². The maximum Gasteiger partial charge on any atom is 0.491 e. The van der Waals surface area contributed by atoms with E-state index in [1.807, 2.05) is 33.2 Å². The van der Waals surface area contributed by atoms with E-state index < -0.39 is 35.9 Å². The average Bonchev–Trinajstić information content (AvgIpc) is 3.47. The number of nitrogens with zero attached hydrogens (tertiary/aromatic N) is 4. The van der Waals surface area contributed by atoms with Crippen LogP contribution >= 0.6 is 0 Å². The van der Waals surface area contributed by atoms with Crippen molar-refractivity contribution in [2.45, 2.75) is 50.2 Å². The third-order valence-corrected chi connectivity index (χ3v) is 7.22. The quantitative estimate of drug-likeness (QED) is 0.331. The molecule has 3 aliphatic rings. The molecule has 3 fully saturated rings. The normalized spacial score (nSPS) is 23.8. The molecular formula is C26H28F3N5O6. The Balaban J connectivity index is 1.37. The van der Waals surface area contributed by atoms with Crippen molar-refractivity contribution >= 4 is 17.6 Å². The van der Waals surface area contributed by atoms with Gasteiger partial charge in [-0.2, -0.15) is 18.3 Å². The van der Waals surface area contributed by atoms with Gasteiger partial charge in [0.2, 0.25) is 5.88 Å². The molecule has 0 unspecified atom stereocenters. The Bertz CT molecular complexity index is 1360. The van der Waals surface area contributed by atoms with E-state index in [0.717, 1.165) is 11.3 Å². The van der Waals surface area contributed by atoms with Crippen molar-refractivity contribution < 1.29 is 41.7 Å². The molecular weight excluding hydrogens is 535 g/mol. The zero-order valence-corrected chi connectivity index (χ0v) is 22.1. The second-order valence-corrected chi connectivity index (χ2v) is 10.0. The van der Waals surface area contributed by atoms with Gasteiger partial charge >= 0.3 is 18.1 Å². The Kier molecular flexibility index (Phi) is 7.47. The van der Waals surface area contributed by atoms with E-state index in [4.69, 9.17) is 14.2 Å². The second kappa shape index (κ2) is 10.7. The van der Waals surface area contributed by atoms with Crippen molar-refractivity contribution in [2.75, 3.05) is 37.8 Å². The van der Waals surface area contributed by atoms with Crippen LogP contribution in [0.25, 0.3) is 0 Å². The SMILES string of the molecule is Cc1nn(C)cc1C#Cc1cnc(O[C@@H]2CN[C@H](C(=O)OC(=O)C(F)(F)F)C2)c(N2CCOC3(COC3)[C@@H]2C)c1. The van der Waals surface area contributed by atoms with Crippen LogP contribution in [0.5, 0.6) is 5.88 Å². The number of rotatable bonds is 4. The maximum atomic E-state index is 12.5. The summed E-state index contributed by atoms with van der Waals surface area (Å²) in [5.41, 5.74) is 2.43. The number of ether oxygens (including phenoxy) is 4. The van der Waals surface area contributed by atoms with Crippen LogP contribution < -0.4 is 15.0 Å². The number of morpholine rings is 1. The molecule has 3 saturated heterocycles. The molecule has 2 aromatic rings. The minimum absolute atomic E-state index is 0.0105. The number of hydrogen-bond acceptors (Lipinski definition) is 10. The first-order valence-electron chi connectivity index (χ1n) is 12.7. The summed E-state index contributed by atoms with van der Waals surface area (Å²) in [6.07, 6.45) is -2.49. The second-order valence-electron chi connectivity index (χ2n) is 10.0. The number of halogens is 3. The van der Waals surface area contributed by atoms with Gasteiger partial charge in [0.05, 0.1) is 37.1 Å². The van der Waals surface area contributed by atoms with Gasteiger partial charge in [-0.15, -0.1) is 0 Å². The minimum Gasteiger partial charge on any atom is -0.471 e. The Morgan fingerprint density at radius 1 is 1.27 bits per heavy atom. The van der Waals surface area contributed by atoms with Gasteiger partial charge in [0.1, 0.15) is 23.4 Å². The van der Waals surface area contributed by atoms with Crippen LogP contribution in [0.15, 0.2) is 18.5 Å². The fraction of sp³-hybridized carbons (Fsp3) is 0.538. The lowest BCUT2D eigenvalue weighted by Gasteiger charge is -2.53. The fourth-order valence-electron chi connectivity index (χ4n) is 4.92. The Morgan fingerprint density at radius 2 is 2.05 bits per heavy atom. The van der Waals surface area contributed by atoms with Gasteiger partial charge in [-0.3, -0.25) is 4.68 Å². The molecule has 2 aromatic heterocycles. The highest BCUT2D eigenvalue weighted by atomic mass is 19.4. The molecule has 1 spiro atoms. The van der Waals surface area contributed by atoms with Gasteiger partial charge < -0.3 is 29.2 Å². The molecule has 0 amide bonds. The van der Waals surface area contributed by atoms with Gasteiger partial charge in [-0.1, -0.05) is 11.8 Å². The zero-order chi connectivity index (χ0) is 28.7. The summed E-state index contributed by atoms with van der Waals surface area (Å²) in [6.45, 7) is 5.98. The number of carbonyl (C=O) groups excluding carboxylic acids is 2. The van der Waals surface area contributed by atoms with Crippen molar-refractivity contribution in [1.29, 1.82) is 0 Å². The number of carbonyl (C=O) groups is 2. The van der Waals surface area contributed by atoms with Crippen LogP contribution in [0.2, 0.25) is 0 Å². The van der Waals surface area contributed by atoms with Crippen molar-refractivity contribution in [1.82, 2.24) is 20.1 Å². The van der Waals surface area contributed by atoms with Crippen molar-refractivity contribution in [2.24, 2.45) is 7.05 Å². The largest absolute Gasteiger partial charge is 0.491 e. The van der Waals surface area contributed by atoms with Crippen molar-refractivity contribution in [3.05, 3.63) is 35.3 Å². The molecule has 11 nitrogen and oxygen atoms in total. The number of pyridine rings is 1. The van der Waals surface area contributed by atoms with E-state index in [1.165, 1.54) is 0 Å². The van der Waals surface area contributed by atoms with E-state index in [2.05, 4.69) is 36.9 Å². The van der Waals surface area contributed by atoms with Crippen LogP contribution in [-0.2, 0) is 30.8 Å². The Morgan fingerprint density at radius 3 is 2.70 bits per heavy atom. The number of alkyl halides is 3. The van der Waals surface area contributed by atoms with E-state index in [-0.39, 0.29) is 24.9 Å². The first kappa shape index (κ1) is 27.9. The molecule has 3 aliphatic heterocycles. The molecule has 214 valence electrons. The number of aromatic nitrogens is 3. The standard InChI is InChI=1S/C26H28F3N5O6/c1-15-18(12-33(3)32-15)5-4-17-8-21(34-6-7-38-25(16(34)2)13-37-14-25)22(31-10-17)39-19-9-20(30-11-19)23(35)40-24(36)26(27,28)29/h8,10,12,16,19-20,30H,6-7,9,11,13-14H2,1-3H3/t16-,19-,20-/m0/s1. The molecule has 0 saturated carbocycles. The smallest absolute Gasteiger partial charge is 0.471 e. The summed E-state index contributed by atoms with van der Waals surface area (Å²) in [7, 11) is 1.82. The van der Waals surface area contributed by atoms with Crippen LogP contribution in [0.3, 0.4) is 0 Å². The minimum atomic E-state index is -5.26. The van der Waals surface area contributed by atoms with E-state index in [1.54, 1.807) is 10.9 Å². The van der Waals surface area contributed by atoms with E-state index in [0.29, 0.717) is 37.6 Å². The summed E-state index contributed by atoms with van der Waals surface area (Å²) in [5, 5.41) is 7.06. The summed E-state index contributed by atoms with van der Waals surface area (Å²) in [6, 6.07) is 0.651. The lowest BCUT2D eigenvalue weighted by Crippen LogP contribution is -2.68. The predicted molar refractivity (Wildman–Crippen MR) is 132 cm³/mol. The average molecular weight is 564 g/mol. The Hall–Kier alpha value is -3.67. The zero-order valence-electron chi connectivity index (χ0n) is 22.1. The van der Waals surface area contributed by atoms with Crippen molar-refractivity contribution in [3.8, 4) is 17.7 Å². The summed E-state index contributed by atoms with van der Waals surface area (Å²) >= 11 is 0. The highest BCUT2D eigenvalue weighted by Crippen LogP contribution is 2.38. The van der Waals surface area contributed by atoms with Crippen LogP contribution in [0.4, 0.5) is 18.9 Å². The van der Waals surface area contributed by atoms with Gasteiger partial charge in [-0.25, -0.2) is 14.6 Å². The molecule has 0 bridgehead atoms. The lowest BCUT2D eigenvalue weighted by atomic mass is 9.90. The number of anilines is 1. The molecule has 5 heterocycles. The molecule has 5 rings (SSSR count). The van der Waals surface area contributed by atoms with Crippen LogP contribution in [-0.4, -0.2) is 89.6 Å². The summed E-state index contributed by atoms with van der Waals surface area (Å²) in [4.78, 5) is 29.8. The molecule has 0 aliphatic carbocycles. The lowest BCUT2D eigenvalue weighted by molar-refractivity contribution is -0.228. The summed E-state index contributed by atoms with van der Waals surface area (Å²) < 4.78 is 60.8. The summed E-state index contributed by atoms with van der Waals surface area (Å²) in [5.74, 6) is 2.66. The molecule has 0 radical (unpaired) electrons. The van der Waals surface area contributed by atoms with Crippen LogP contribution in [0.1, 0.15) is 30.2 Å². The third kappa shape index (κ3) is 5.63. The van der Waals surface area contributed by atoms with Gasteiger partial charge in [-0.05, 0) is 19.9 Å². The predicted octanol–water partition coefficient (Wildman–Crippen LogP) is 1.26. The number of aryl methyl sites for hydroxylation is 2. The van der Waals surface area contributed by atoms with Gasteiger partial charge in [0.15, 0.2) is 0 Å². The van der Waals surface area contributed by atoms with E-state index >= 15 is 0 Å². The van der Waals surface area contributed by atoms with Crippen LogP contribution in [0, 0.1) is 18.8 Å². The molecule has 40 heavy (non-hydrogen) atoms. The number of esters is 2. The first-order valence-corrected chi connectivity index (χ1v) is 12.7. The van der Waals surface area contributed by atoms with Gasteiger partial charge in [0, 0.05) is 44.5 Å². The number of hydrogen-bond donors (Lipinski definition) is 1. The highest BCUT2D eigenvalue weighted by molar-refractivity contribution is 5.91. The molecule has 3 atom stereocenters. The number of nitrogens with one attached hydrogen (secondary N) is 1. The monoisotopic (exact) mass is 563 g/mol. The first-order chi connectivity index (χ1) is 18.9. The fourth-order valence-corrected chi connectivity index (χ4v) is 4.92.